The van der Waals surface area contributed by atoms with Crippen molar-refractivity contribution in [2.45, 2.75) is 13.0 Å². The summed E-state index contributed by atoms with van der Waals surface area (Å²) >= 11 is 1.84. The molecule has 0 saturated carbocycles. The Balaban J connectivity index is 2.17. The molecular weight excluding hydrogens is 182 g/mol. The fourth-order valence-electron chi connectivity index (χ4n) is 1.59. The van der Waals surface area contributed by atoms with E-state index < -0.39 is 0 Å². The van der Waals surface area contributed by atoms with Crippen LogP contribution in [0.5, 0.6) is 0 Å². The van der Waals surface area contributed by atoms with Crippen molar-refractivity contribution in [3.05, 3.63) is 21.9 Å². The standard InChI is InChI=1S/C9H13N3S/c1-11-9(10)12-4-2-8-7(6-12)3-5-13-8/h3,5H,2,4,6H2,1H3,(H2,10,11). The van der Waals surface area contributed by atoms with Crippen LogP contribution in [-0.2, 0) is 13.0 Å². The Kier molecular flexibility index (Phi) is 2.22. The van der Waals surface area contributed by atoms with E-state index in [9.17, 15) is 0 Å². The fourth-order valence-corrected chi connectivity index (χ4v) is 2.48. The van der Waals surface area contributed by atoms with Gasteiger partial charge < -0.3 is 10.6 Å². The second-order valence-corrected chi connectivity index (χ2v) is 4.12. The Morgan fingerprint density at radius 3 is 3.31 bits per heavy atom. The predicted molar refractivity (Wildman–Crippen MR) is 56.0 cm³/mol. The van der Waals surface area contributed by atoms with E-state index in [1.165, 1.54) is 10.4 Å². The predicted octanol–water partition coefficient (Wildman–Crippen LogP) is 1.05. The van der Waals surface area contributed by atoms with Crippen LogP contribution in [0.2, 0.25) is 0 Å². The molecule has 3 nitrogen and oxygen atoms in total. The molecule has 0 fully saturated rings. The van der Waals surface area contributed by atoms with Gasteiger partial charge in [-0.15, -0.1) is 11.3 Å². The minimum absolute atomic E-state index is 0.650. The second-order valence-electron chi connectivity index (χ2n) is 3.12. The van der Waals surface area contributed by atoms with Gasteiger partial charge in [-0.3, -0.25) is 4.99 Å². The van der Waals surface area contributed by atoms with E-state index in [0.717, 1.165) is 19.5 Å². The summed E-state index contributed by atoms with van der Waals surface area (Å²) in [7, 11) is 1.73. The van der Waals surface area contributed by atoms with Crippen LogP contribution >= 0.6 is 11.3 Å². The zero-order valence-electron chi connectivity index (χ0n) is 7.66. The van der Waals surface area contributed by atoms with Crippen molar-refractivity contribution < 1.29 is 0 Å². The van der Waals surface area contributed by atoms with E-state index in [4.69, 9.17) is 5.73 Å². The normalized spacial score (nSPS) is 17.3. The number of rotatable bonds is 0. The van der Waals surface area contributed by atoms with Crippen LogP contribution in [0.1, 0.15) is 10.4 Å². The van der Waals surface area contributed by atoms with Gasteiger partial charge in [-0.1, -0.05) is 0 Å². The molecule has 0 aliphatic carbocycles. The summed E-state index contributed by atoms with van der Waals surface area (Å²) < 4.78 is 0. The molecule has 4 heteroatoms. The minimum atomic E-state index is 0.650. The molecule has 0 aromatic carbocycles. The highest BCUT2D eigenvalue weighted by Crippen LogP contribution is 2.23. The van der Waals surface area contributed by atoms with Gasteiger partial charge in [0.1, 0.15) is 0 Å². The number of hydrogen-bond donors (Lipinski definition) is 1. The van der Waals surface area contributed by atoms with Gasteiger partial charge in [-0.25, -0.2) is 0 Å². The monoisotopic (exact) mass is 195 g/mol. The van der Waals surface area contributed by atoms with Crippen molar-refractivity contribution in [2.24, 2.45) is 10.7 Å². The molecule has 2 rings (SSSR count). The first-order chi connectivity index (χ1) is 6.31. The minimum Gasteiger partial charge on any atom is -0.370 e. The molecular formula is C9H13N3S. The quantitative estimate of drug-likeness (QED) is 0.496. The Labute approximate surface area is 81.9 Å². The first-order valence-electron chi connectivity index (χ1n) is 4.33. The summed E-state index contributed by atoms with van der Waals surface area (Å²) in [4.78, 5) is 7.61. The maximum Gasteiger partial charge on any atom is 0.191 e. The highest BCUT2D eigenvalue weighted by molar-refractivity contribution is 7.10. The zero-order chi connectivity index (χ0) is 9.26. The maximum atomic E-state index is 5.75. The number of hydrogen-bond acceptors (Lipinski definition) is 2. The molecule has 1 aromatic rings. The van der Waals surface area contributed by atoms with Gasteiger partial charge in [-0.05, 0) is 23.4 Å². The third-order valence-corrected chi connectivity index (χ3v) is 3.38. The summed E-state index contributed by atoms with van der Waals surface area (Å²) in [6, 6.07) is 2.18. The van der Waals surface area contributed by atoms with E-state index in [1.807, 2.05) is 11.3 Å². The van der Waals surface area contributed by atoms with E-state index in [0.29, 0.717) is 5.96 Å². The van der Waals surface area contributed by atoms with E-state index in [-0.39, 0.29) is 0 Å². The van der Waals surface area contributed by atoms with Crippen molar-refractivity contribution in [2.75, 3.05) is 13.6 Å². The van der Waals surface area contributed by atoms with Crippen LogP contribution in [0.4, 0.5) is 0 Å². The van der Waals surface area contributed by atoms with Gasteiger partial charge in [0.05, 0.1) is 0 Å². The van der Waals surface area contributed by atoms with Gasteiger partial charge >= 0.3 is 0 Å². The number of nitrogens with zero attached hydrogens (tertiary/aromatic N) is 2. The smallest absolute Gasteiger partial charge is 0.191 e. The molecule has 2 N–H and O–H groups in total. The van der Waals surface area contributed by atoms with Crippen molar-refractivity contribution in [1.29, 1.82) is 0 Å². The van der Waals surface area contributed by atoms with Crippen molar-refractivity contribution in [3.63, 3.8) is 0 Å². The van der Waals surface area contributed by atoms with Gasteiger partial charge in [0, 0.05) is 25.0 Å². The third kappa shape index (κ3) is 1.54. The first kappa shape index (κ1) is 8.56. The molecule has 0 amide bonds. The lowest BCUT2D eigenvalue weighted by Crippen LogP contribution is -2.40. The van der Waals surface area contributed by atoms with Crippen molar-refractivity contribution >= 4 is 17.3 Å². The molecule has 13 heavy (non-hydrogen) atoms. The SMILES string of the molecule is CN=C(N)N1CCc2sccc2C1. The molecule has 1 aromatic heterocycles. The van der Waals surface area contributed by atoms with Crippen molar-refractivity contribution in [1.82, 2.24) is 4.90 Å². The number of nitrogens with two attached hydrogens (primary N) is 1. The van der Waals surface area contributed by atoms with E-state index in [1.54, 1.807) is 7.05 Å². The van der Waals surface area contributed by atoms with Gasteiger partial charge in [-0.2, -0.15) is 0 Å². The van der Waals surface area contributed by atoms with Crippen LogP contribution in [-0.4, -0.2) is 24.5 Å². The van der Waals surface area contributed by atoms with Crippen LogP contribution in [0.15, 0.2) is 16.4 Å². The summed E-state index contributed by atoms with van der Waals surface area (Å²) in [5, 5.41) is 2.15. The number of aliphatic imine (C=N–C) groups is 1. The van der Waals surface area contributed by atoms with Gasteiger partial charge in [0.25, 0.3) is 0 Å². The number of fused-ring (bicyclic) bond motifs is 1. The van der Waals surface area contributed by atoms with Crippen LogP contribution in [0.25, 0.3) is 0 Å². The zero-order valence-corrected chi connectivity index (χ0v) is 8.47. The summed E-state index contributed by atoms with van der Waals surface area (Å²) in [6.45, 7) is 1.92. The largest absolute Gasteiger partial charge is 0.370 e. The Morgan fingerprint density at radius 1 is 1.69 bits per heavy atom. The lowest BCUT2D eigenvalue weighted by atomic mass is 10.1. The number of guanidine groups is 1. The summed E-state index contributed by atoms with van der Waals surface area (Å²) in [5.74, 6) is 0.650. The lowest BCUT2D eigenvalue weighted by molar-refractivity contribution is 0.392. The Bertz CT molecular complexity index is 329. The molecule has 70 valence electrons. The Morgan fingerprint density at radius 2 is 2.54 bits per heavy atom. The van der Waals surface area contributed by atoms with E-state index in [2.05, 4.69) is 21.3 Å². The molecule has 2 heterocycles. The van der Waals surface area contributed by atoms with Gasteiger partial charge in [0.15, 0.2) is 5.96 Å². The Hall–Kier alpha value is -1.03. The average Bonchev–Trinajstić information content (AvgIpc) is 2.63. The van der Waals surface area contributed by atoms with Gasteiger partial charge in [0.2, 0.25) is 0 Å². The molecule has 0 atom stereocenters. The molecule has 0 bridgehead atoms. The highest BCUT2D eigenvalue weighted by Gasteiger charge is 2.17. The molecule has 0 radical (unpaired) electrons. The van der Waals surface area contributed by atoms with Crippen LogP contribution < -0.4 is 5.73 Å². The third-order valence-electron chi connectivity index (χ3n) is 2.36. The highest BCUT2D eigenvalue weighted by atomic mass is 32.1. The van der Waals surface area contributed by atoms with E-state index >= 15 is 0 Å². The molecule has 0 unspecified atom stereocenters. The summed E-state index contributed by atoms with van der Waals surface area (Å²) in [6.07, 6.45) is 1.10. The lowest BCUT2D eigenvalue weighted by Gasteiger charge is -2.27. The maximum absolute atomic E-state index is 5.75. The topological polar surface area (TPSA) is 41.6 Å². The average molecular weight is 195 g/mol. The molecule has 0 saturated heterocycles. The van der Waals surface area contributed by atoms with Crippen LogP contribution in [0.3, 0.4) is 0 Å². The molecule has 0 spiro atoms. The van der Waals surface area contributed by atoms with Crippen molar-refractivity contribution in [3.8, 4) is 0 Å². The second kappa shape index (κ2) is 3.38. The summed E-state index contributed by atoms with van der Waals surface area (Å²) in [5.41, 5.74) is 7.16. The van der Waals surface area contributed by atoms with Crippen LogP contribution in [0, 0.1) is 0 Å². The fraction of sp³-hybridized carbons (Fsp3) is 0.444. The number of thiophene rings is 1. The first-order valence-corrected chi connectivity index (χ1v) is 5.21. The molecule has 1 aliphatic heterocycles. The molecule has 1 aliphatic rings.